The van der Waals surface area contributed by atoms with Gasteiger partial charge in [0.2, 0.25) is 5.82 Å². The number of nitrogens with zero attached hydrogens (tertiary/aromatic N) is 4. The molecule has 0 radical (unpaired) electrons. The minimum absolute atomic E-state index is 0.0941. The molecule has 41 heavy (non-hydrogen) atoms. The number of ether oxygens (including phenoxy) is 3. The summed E-state index contributed by atoms with van der Waals surface area (Å²) in [4.78, 5) is 41.1. The number of furan rings is 1. The second-order valence-corrected chi connectivity index (χ2v) is 9.10. The zero-order chi connectivity index (χ0) is 29.1. The Hall–Kier alpha value is -5.52. The second-order valence-electron chi connectivity index (χ2n) is 9.10. The predicted molar refractivity (Wildman–Crippen MR) is 151 cm³/mol. The zero-order valence-corrected chi connectivity index (χ0v) is 22.3. The Labute approximate surface area is 232 Å². The molecule has 12 heteroatoms. The average molecular weight is 557 g/mol. The number of fused-ring (bicyclic) bond motifs is 2. The smallest absolute Gasteiger partial charge is 0.344 e. The number of benzene rings is 3. The fourth-order valence-corrected chi connectivity index (χ4v) is 4.15. The van der Waals surface area contributed by atoms with E-state index in [1.807, 2.05) is 0 Å². The number of carbonyl (C=O) groups is 1. The van der Waals surface area contributed by atoms with Crippen LogP contribution in [0.4, 0.5) is 5.69 Å². The van der Waals surface area contributed by atoms with Gasteiger partial charge in [-0.2, -0.15) is 9.78 Å². The first-order chi connectivity index (χ1) is 19.7. The van der Waals surface area contributed by atoms with E-state index in [0.29, 0.717) is 27.6 Å². The molecule has 0 aliphatic carbocycles. The summed E-state index contributed by atoms with van der Waals surface area (Å²) in [6.45, 7) is 2.97. The number of aromatic nitrogens is 2. The van der Waals surface area contributed by atoms with Gasteiger partial charge in [-0.3, -0.25) is 14.9 Å². The van der Waals surface area contributed by atoms with Crippen LogP contribution in [-0.2, 0) is 9.53 Å². The van der Waals surface area contributed by atoms with Gasteiger partial charge < -0.3 is 18.6 Å². The number of para-hydroxylation sites is 1. The van der Waals surface area contributed by atoms with E-state index in [0.717, 1.165) is 4.68 Å². The van der Waals surface area contributed by atoms with E-state index in [4.69, 9.17) is 18.6 Å². The van der Waals surface area contributed by atoms with Crippen LogP contribution < -0.4 is 15.0 Å². The average Bonchev–Trinajstić information content (AvgIpc) is 3.40. The number of nitro benzene ring substituents is 1. The topological polar surface area (TPSA) is 148 Å². The Bertz CT molecular complexity index is 1870. The standard InChI is InChI=1S/C29H24N4O8/c1-17(2)40-27(34)16-39-23-12-11-19(33(36)37)13-18(23)15-30-32-28(31-22-8-5-4-7-20(22)29(32)35)26-14-21-24(38-3)9-6-10-25(21)41-26/h4-15,17H,16H2,1-3H3. The summed E-state index contributed by atoms with van der Waals surface area (Å²) in [5.74, 6) is 0.425. The van der Waals surface area contributed by atoms with Crippen LogP contribution in [0.1, 0.15) is 19.4 Å². The van der Waals surface area contributed by atoms with Gasteiger partial charge in [0.1, 0.15) is 17.1 Å². The number of rotatable bonds is 9. The second kappa shape index (κ2) is 11.3. The highest BCUT2D eigenvalue weighted by atomic mass is 16.6. The van der Waals surface area contributed by atoms with E-state index in [1.54, 1.807) is 62.4 Å². The fourth-order valence-electron chi connectivity index (χ4n) is 4.15. The molecule has 2 heterocycles. The van der Waals surface area contributed by atoms with Crippen LogP contribution in [-0.4, -0.2) is 46.6 Å². The lowest BCUT2D eigenvalue weighted by molar-refractivity contribution is -0.384. The number of non-ortho nitro benzene ring substituents is 1. The maximum absolute atomic E-state index is 13.6. The molecule has 12 nitrogen and oxygen atoms in total. The van der Waals surface area contributed by atoms with Crippen molar-refractivity contribution in [1.29, 1.82) is 0 Å². The first kappa shape index (κ1) is 27.1. The molecule has 0 N–H and O–H groups in total. The highest BCUT2D eigenvalue weighted by Crippen LogP contribution is 2.33. The summed E-state index contributed by atoms with van der Waals surface area (Å²) in [7, 11) is 1.54. The van der Waals surface area contributed by atoms with Crippen molar-refractivity contribution in [1.82, 2.24) is 9.66 Å². The first-order valence-electron chi connectivity index (χ1n) is 12.5. The number of esters is 1. The van der Waals surface area contributed by atoms with E-state index in [9.17, 15) is 19.7 Å². The van der Waals surface area contributed by atoms with E-state index < -0.39 is 23.1 Å². The van der Waals surface area contributed by atoms with Gasteiger partial charge in [0.25, 0.3) is 11.2 Å². The lowest BCUT2D eigenvalue weighted by atomic mass is 10.2. The van der Waals surface area contributed by atoms with Crippen LogP contribution in [0.15, 0.2) is 81.0 Å². The normalized spacial score (nSPS) is 11.4. The van der Waals surface area contributed by atoms with Gasteiger partial charge in [-0.15, -0.1) is 0 Å². The number of nitro groups is 1. The monoisotopic (exact) mass is 556 g/mol. The molecule has 0 atom stereocenters. The van der Waals surface area contributed by atoms with Crippen molar-refractivity contribution in [2.75, 3.05) is 13.7 Å². The summed E-state index contributed by atoms with van der Waals surface area (Å²) in [5, 5.41) is 16.8. The Morgan fingerprint density at radius 1 is 1.10 bits per heavy atom. The number of carbonyl (C=O) groups excluding carboxylic acids is 1. The quantitative estimate of drug-likeness (QED) is 0.106. The molecule has 0 unspecified atom stereocenters. The molecule has 0 aliphatic heterocycles. The maximum atomic E-state index is 13.6. The van der Waals surface area contributed by atoms with Gasteiger partial charge >= 0.3 is 5.97 Å². The molecule has 0 fully saturated rings. The Kier molecular flexibility index (Phi) is 7.46. The van der Waals surface area contributed by atoms with E-state index in [-0.39, 0.29) is 34.7 Å². The third kappa shape index (κ3) is 5.62. The fraction of sp³-hybridized carbons (Fsp3) is 0.172. The van der Waals surface area contributed by atoms with Gasteiger partial charge in [0.15, 0.2) is 12.4 Å². The molecule has 0 saturated carbocycles. The first-order valence-corrected chi connectivity index (χ1v) is 12.5. The number of methoxy groups -OCH3 is 1. The van der Waals surface area contributed by atoms with Crippen LogP contribution >= 0.6 is 0 Å². The molecular weight excluding hydrogens is 532 g/mol. The Morgan fingerprint density at radius 3 is 2.66 bits per heavy atom. The van der Waals surface area contributed by atoms with Crippen molar-refractivity contribution in [3.8, 4) is 23.1 Å². The maximum Gasteiger partial charge on any atom is 0.344 e. The van der Waals surface area contributed by atoms with Crippen LogP contribution in [0.2, 0.25) is 0 Å². The molecule has 5 rings (SSSR count). The molecule has 2 aromatic heterocycles. The molecule has 0 amide bonds. The van der Waals surface area contributed by atoms with Crippen molar-refractivity contribution in [2.45, 2.75) is 20.0 Å². The molecule has 208 valence electrons. The third-order valence-corrected chi connectivity index (χ3v) is 5.94. The van der Waals surface area contributed by atoms with Crippen LogP contribution in [0, 0.1) is 10.1 Å². The van der Waals surface area contributed by atoms with Crippen LogP contribution in [0.25, 0.3) is 33.5 Å². The number of hydrogen-bond donors (Lipinski definition) is 0. The van der Waals surface area contributed by atoms with Crippen molar-refractivity contribution in [3.05, 3.63) is 92.8 Å². The lowest BCUT2D eigenvalue weighted by Gasteiger charge is -2.11. The SMILES string of the molecule is COc1cccc2oc(-c3nc4ccccc4c(=O)n3N=Cc3cc([N+](=O)[O-])ccc3OCC(=O)OC(C)C)cc12. The predicted octanol–water partition coefficient (Wildman–Crippen LogP) is 4.94. The van der Waals surface area contributed by atoms with Gasteiger partial charge in [-0.25, -0.2) is 9.78 Å². The summed E-state index contributed by atoms with van der Waals surface area (Å²) >= 11 is 0. The van der Waals surface area contributed by atoms with Crippen LogP contribution in [0.5, 0.6) is 11.5 Å². The minimum Gasteiger partial charge on any atom is -0.496 e. The van der Waals surface area contributed by atoms with Crippen molar-refractivity contribution in [3.63, 3.8) is 0 Å². The zero-order valence-electron chi connectivity index (χ0n) is 22.3. The summed E-state index contributed by atoms with van der Waals surface area (Å²) in [5.41, 5.74) is 0.350. The van der Waals surface area contributed by atoms with Gasteiger partial charge in [-0.1, -0.05) is 18.2 Å². The molecule has 0 saturated heterocycles. The summed E-state index contributed by atoms with van der Waals surface area (Å²) < 4.78 is 23.2. The highest BCUT2D eigenvalue weighted by molar-refractivity contribution is 5.89. The minimum atomic E-state index is -0.612. The van der Waals surface area contributed by atoms with Crippen LogP contribution in [0.3, 0.4) is 0 Å². The molecule has 5 aromatic rings. The molecular formula is C29H24N4O8. The largest absolute Gasteiger partial charge is 0.496 e. The van der Waals surface area contributed by atoms with Crippen molar-refractivity contribution < 1.29 is 28.3 Å². The molecule has 0 bridgehead atoms. The van der Waals surface area contributed by atoms with Gasteiger partial charge in [0.05, 0.1) is 40.6 Å². The van der Waals surface area contributed by atoms with E-state index in [2.05, 4.69) is 10.1 Å². The highest BCUT2D eigenvalue weighted by Gasteiger charge is 2.19. The van der Waals surface area contributed by atoms with Crippen molar-refractivity contribution in [2.24, 2.45) is 5.10 Å². The summed E-state index contributed by atoms with van der Waals surface area (Å²) in [6, 6.07) is 17.6. The third-order valence-electron chi connectivity index (χ3n) is 5.94. The van der Waals surface area contributed by atoms with E-state index >= 15 is 0 Å². The molecule has 0 aliphatic rings. The van der Waals surface area contributed by atoms with Crippen molar-refractivity contribution >= 4 is 39.7 Å². The molecule has 3 aromatic carbocycles. The molecule has 0 spiro atoms. The summed E-state index contributed by atoms with van der Waals surface area (Å²) in [6.07, 6.45) is 0.883. The van der Waals surface area contributed by atoms with Gasteiger partial charge in [-0.05, 0) is 50.2 Å². The Morgan fingerprint density at radius 2 is 1.90 bits per heavy atom. The lowest BCUT2D eigenvalue weighted by Crippen LogP contribution is -2.20. The van der Waals surface area contributed by atoms with E-state index in [1.165, 1.54) is 31.5 Å². The Balaban J connectivity index is 1.63. The number of hydrogen-bond acceptors (Lipinski definition) is 10. The van der Waals surface area contributed by atoms with Gasteiger partial charge in [0, 0.05) is 17.7 Å².